The van der Waals surface area contributed by atoms with E-state index in [1.165, 1.54) is 12.0 Å². The van der Waals surface area contributed by atoms with Crippen molar-refractivity contribution in [2.75, 3.05) is 6.54 Å². The standard InChI is InChI=1S/C7H9NO2.H2O4S/c1-7(9)10-8-5-3-2-4-6-8;1-5(2,3)4/h2-5H,6H2,1H3;(H2,1,2,3,4). The summed E-state index contributed by atoms with van der Waals surface area (Å²) in [6.45, 7) is 2.02. The molecule has 0 aromatic heterocycles. The van der Waals surface area contributed by atoms with Gasteiger partial charge in [-0.3, -0.25) is 13.9 Å². The van der Waals surface area contributed by atoms with Gasteiger partial charge in [0.05, 0.1) is 6.54 Å². The van der Waals surface area contributed by atoms with Crippen molar-refractivity contribution in [2.24, 2.45) is 0 Å². The van der Waals surface area contributed by atoms with Crippen molar-refractivity contribution in [3.8, 4) is 0 Å². The lowest BCUT2D eigenvalue weighted by atomic mass is 10.4. The van der Waals surface area contributed by atoms with Gasteiger partial charge in [0.25, 0.3) is 0 Å². The van der Waals surface area contributed by atoms with Crippen LogP contribution < -0.4 is 0 Å². The van der Waals surface area contributed by atoms with Gasteiger partial charge in [-0.05, 0) is 6.08 Å². The monoisotopic (exact) mass is 237 g/mol. The van der Waals surface area contributed by atoms with E-state index in [0.717, 1.165) is 0 Å². The summed E-state index contributed by atoms with van der Waals surface area (Å²) in [5, 5.41) is 1.47. The molecule has 0 atom stereocenters. The minimum atomic E-state index is -4.67. The van der Waals surface area contributed by atoms with Gasteiger partial charge < -0.3 is 4.84 Å². The molecule has 0 aliphatic carbocycles. The zero-order valence-electron chi connectivity index (χ0n) is 7.90. The number of hydroxylamine groups is 2. The largest absolute Gasteiger partial charge is 0.394 e. The van der Waals surface area contributed by atoms with Crippen molar-refractivity contribution >= 4 is 16.4 Å². The van der Waals surface area contributed by atoms with Crippen LogP contribution in [0.25, 0.3) is 0 Å². The number of carbonyl (C=O) groups is 1. The molecule has 8 heteroatoms. The number of carbonyl (C=O) groups excluding carboxylic acids is 1. The Morgan fingerprint density at radius 3 is 2.27 bits per heavy atom. The van der Waals surface area contributed by atoms with Gasteiger partial charge >= 0.3 is 16.4 Å². The van der Waals surface area contributed by atoms with Gasteiger partial charge in [-0.15, -0.1) is 0 Å². The van der Waals surface area contributed by atoms with Gasteiger partial charge in [-0.2, -0.15) is 8.42 Å². The highest BCUT2D eigenvalue weighted by Gasteiger charge is 2.01. The molecular formula is C7H11NO6S. The van der Waals surface area contributed by atoms with Crippen LogP contribution >= 0.6 is 0 Å². The molecule has 0 saturated heterocycles. The van der Waals surface area contributed by atoms with Gasteiger partial charge in [0.2, 0.25) is 0 Å². The van der Waals surface area contributed by atoms with E-state index < -0.39 is 10.4 Å². The van der Waals surface area contributed by atoms with Gasteiger partial charge in [-0.25, -0.2) is 5.06 Å². The summed E-state index contributed by atoms with van der Waals surface area (Å²) in [5.41, 5.74) is 0. The Bertz CT molecular complexity index is 350. The fraction of sp³-hybridized carbons (Fsp3) is 0.286. The highest BCUT2D eigenvalue weighted by Crippen LogP contribution is 1.98. The van der Waals surface area contributed by atoms with Gasteiger partial charge in [0, 0.05) is 13.1 Å². The van der Waals surface area contributed by atoms with Crippen LogP contribution in [0, 0.1) is 0 Å². The highest BCUT2D eigenvalue weighted by atomic mass is 32.3. The molecule has 0 fully saturated rings. The Kier molecular flexibility index (Phi) is 5.60. The molecule has 1 aliphatic rings. The topological polar surface area (TPSA) is 104 Å². The van der Waals surface area contributed by atoms with E-state index in [0.29, 0.717) is 6.54 Å². The predicted octanol–water partition coefficient (Wildman–Crippen LogP) is 0.197. The summed E-state index contributed by atoms with van der Waals surface area (Å²) in [5.74, 6) is -0.292. The fourth-order valence-electron chi connectivity index (χ4n) is 0.683. The Hall–Kier alpha value is -1.38. The summed E-state index contributed by atoms with van der Waals surface area (Å²) < 4.78 is 31.6. The minimum absolute atomic E-state index is 0.292. The summed E-state index contributed by atoms with van der Waals surface area (Å²) in [6.07, 6.45) is 7.33. The van der Waals surface area contributed by atoms with E-state index in [4.69, 9.17) is 22.4 Å². The van der Waals surface area contributed by atoms with E-state index >= 15 is 0 Å². The molecule has 0 saturated carbocycles. The van der Waals surface area contributed by atoms with E-state index in [1.807, 2.05) is 18.2 Å². The summed E-state index contributed by atoms with van der Waals surface area (Å²) in [6, 6.07) is 0. The molecule has 1 rings (SSSR count). The maximum atomic E-state index is 10.4. The number of hydrogen-bond acceptors (Lipinski definition) is 5. The average Bonchev–Trinajstić information content (AvgIpc) is 2.01. The molecule has 15 heavy (non-hydrogen) atoms. The van der Waals surface area contributed by atoms with Crippen LogP contribution in [0.1, 0.15) is 6.92 Å². The maximum Gasteiger partial charge on any atom is 0.394 e. The molecule has 1 aliphatic heterocycles. The lowest BCUT2D eigenvalue weighted by molar-refractivity contribution is -0.173. The highest BCUT2D eigenvalue weighted by molar-refractivity contribution is 7.79. The SMILES string of the molecule is CC(=O)ON1C=CC=CC1.O=S(=O)(O)O. The van der Waals surface area contributed by atoms with Gasteiger partial charge in [-0.1, -0.05) is 12.2 Å². The Morgan fingerprint density at radius 1 is 1.40 bits per heavy atom. The van der Waals surface area contributed by atoms with Crippen molar-refractivity contribution in [3.63, 3.8) is 0 Å². The third-order valence-electron chi connectivity index (χ3n) is 1.03. The quantitative estimate of drug-likeness (QED) is 0.627. The summed E-state index contributed by atoms with van der Waals surface area (Å²) in [4.78, 5) is 15.1. The van der Waals surface area contributed by atoms with Crippen molar-refractivity contribution in [1.82, 2.24) is 5.06 Å². The van der Waals surface area contributed by atoms with Crippen LogP contribution in [-0.4, -0.2) is 35.1 Å². The Morgan fingerprint density at radius 2 is 1.93 bits per heavy atom. The van der Waals surface area contributed by atoms with Crippen LogP contribution in [0.15, 0.2) is 24.4 Å². The van der Waals surface area contributed by atoms with E-state index in [1.54, 1.807) is 6.20 Å². The van der Waals surface area contributed by atoms with Gasteiger partial charge in [0.15, 0.2) is 0 Å². The molecular weight excluding hydrogens is 226 g/mol. The zero-order chi connectivity index (χ0) is 11.9. The molecule has 0 bridgehead atoms. The first-order valence-electron chi connectivity index (χ1n) is 3.77. The number of rotatable bonds is 1. The molecule has 86 valence electrons. The number of hydrogen-bond donors (Lipinski definition) is 2. The van der Waals surface area contributed by atoms with Crippen molar-refractivity contribution in [1.29, 1.82) is 0 Å². The van der Waals surface area contributed by atoms with Crippen molar-refractivity contribution in [3.05, 3.63) is 24.4 Å². The predicted molar refractivity (Wildman–Crippen MR) is 50.9 cm³/mol. The normalized spacial score (nSPS) is 14.2. The van der Waals surface area contributed by atoms with Crippen molar-refractivity contribution in [2.45, 2.75) is 6.92 Å². The maximum absolute atomic E-state index is 10.4. The molecule has 7 nitrogen and oxygen atoms in total. The van der Waals surface area contributed by atoms with Crippen LogP contribution in [0.4, 0.5) is 0 Å². The van der Waals surface area contributed by atoms with E-state index in [-0.39, 0.29) is 5.97 Å². The molecule has 0 aromatic rings. The molecule has 0 unspecified atom stereocenters. The first-order valence-corrected chi connectivity index (χ1v) is 5.17. The number of nitrogens with zero attached hydrogens (tertiary/aromatic N) is 1. The molecule has 0 aromatic carbocycles. The van der Waals surface area contributed by atoms with Gasteiger partial charge in [0.1, 0.15) is 0 Å². The first-order chi connectivity index (χ1) is 6.79. The van der Waals surface area contributed by atoms with Crippen LogP contribution in [-0.2, 0) is 20.0 Å². The Balaban J connectivity index is 0.000000336. The molecule has 0 radical (unpaired) electrons. The minimum Gasteiger partial charge on any atom is -0.341 e. The fourth-order valence-corrected chi connectivity index (χ4v) is 0.683. The lowest BCUT2D eigenvalue weighted by Crippen LogP contribution is -2.21. The van der Waals surface area contributed by atoms with Crippen LogP contribution in [0.5, 0.6) is 0 Å². The average molecular weight is 237 g/mol. The van der Waals surface area contributed by atoms with Crippen molar-refractivity contribution < 1.29 is 27.2 Å². The third-order valence-corrected chi connectivity index (χ3v) is 1.03. The zero-order valence-corrected chi connectivity index (χ0v) is 8.72. The Labute approximate surface area is 87.2 Å². The first kappa shape index (κ1) is 13.6. The second-order valence-electron chi connectivity index (χ2n) is 2.40. The second-order valence-corrected chi connectivity index (χ2v) is 3.30. The molecule has 0 spiro atoms. The second kappa shape index (κ2) is 6.17. The molecule has 0 amide bonds. The summed E-state index contributed by atoms with van der Waals surface area (Å²) in [7, 11) is -4.67. The van der Waals surface area contributed by atoms with Crippen LogP contribution in [0.2, 0.25) is 0 Å². The third kappa shape index (κ3) is 12.6. The lowest BCUT2D eigenvalue weighted by Gasteiger charge is -2.17. The molecule has 2 N–H and O–H groups in total. The summed E-state index contributed by atoms with van der Waals surface area (Å²) >= 11 is 0. The van der Waals surface area contributed by atoms with Crippen LogP contribution in [0.3, 0.4) is 0 Å². The number of allylic oxidation sites excluding steroid dienone is 2. The smallest absolute Gasteiger partial charge is 0.341 e. The van der Waals surface area contributed by atoms with E-state index in [9.17, 15) is 4.79 Å². The molecule has 1 heterocycles. The van der Waals surface area contributed by atoms with E-state index in [2.05, 4.69) is 0 Å².